The lowest BCUT2D eigenvalue weighted by Crippen LogP contribution is -2.46. The molecule has 0 bridgehead atoms. The van der Waals surface area contributed by atoms with E-state index in [0.29, 0.717) is 6.42 Å². The van der Waals surface area contributed by atoms with Crippen molar-refractivity contribution in [3.63, 3.8) is 0 Å². The molecule has 0 aromatic heterocycles. The molecule has 0 aliphatic rings. The van der Waals surface area contributed by atoms with Crippen molar-refractivity contribution in [1.82, 2.24) is 4.90 Å². The predicted octanol–water partition coefficient (Wildman–Crippen LogP) is 1.95. The summed E-state index contributed by atoms with van der Waals surface area (Å²) in [4.78, 5) is 12.1. The average Bonchev–Trinajstić information content (AvgIpc) is 2.09. The Morgan fingerprint density at radius 2 is 1.94 bits per heavy atom. The summed E-state index contributed by atoms with van der Waals surface area (Å²) in [5, 5.41) is 0. The van der Waals surface area contributed by atoms with Gasteiger partial charge >= 0.3 is 6.18 Å². The zero-order valence-electron chi connectivity index (χ0n) is 9.38. The van der Waals surface area contributed by atoms with Crippen molar-refractivity contribution in [2.75, 3.05) is 13.1 Å². The van der Waals surface area contributed by atoms with Gasteiger partial charge in [-0.25, -0.2) is 0 Å². The fraction of sp³-hybridized carbons (Fsp3) is 0.889. The van der Waals surface area contributed by atoms with Gasteiger partial charge in [0.15, 0.2) is 0 Å². The first-order chi connectivity index (χ1) is 6.78. The van der Waals surface area contributed by atoms with Crippen molar-refractivity contribution in [1.29, 1.82) is 0 Å². The lowest BCUT2D eigenvalue weighted by atomic mass is 10.2. The van der Waals surface area contributed by atoms with E-state index in [9.17, 15) is 18.0 Å². The summed E-state index contributed by atoms with van der Waals surface area (Å²) in [7, 11) is 0. The third-order valence-electron chi connectivity index (χ3n) is 1.85. The highest BCUT2D eigenvalue weighted by atomic mass is 35.5. The fourth-order valence-corrected chi connectivity index (χ4v) is 1.12. The summed E-state index contributed by atoms with van der Waals surface area (Å²) in [5.41, 5.74) is 5.27. The molecule has 0 aromatic rings. The Labute approximate surface area is 99.6 Å². The van der Waals surface area contributed by atoms with E-state index in [4.69, 9.17) is 5.73 Å². The van der Waals surface area contributed by atoms with Crippen LogP contribution in [0.15, 0.2) is 0 Å². The molecule has 0 spiro atoms. The SMILES string of the molecule is CCCCN(CC(F)(F)F)C(=O)C(C)N.Cl. The number of unbranched alkanes of at least 4 members (excludes halogenated alkanes) is 1. The molecule has 16 heavy (non-hydrogen) atoms. The molecule has 0 aliphatic carbocycles. The molecule has 0 aliphatic heterocycles. The number of carbonyl (C=O) groups is 1. The van der Waals surface area contributed by atoms with Crippen LogP contribution >= 0.6 is 12.4 Å². The summed E-state index contributed by atoms with van der Waals surface area (Å²) >= 11 is 0. The van der Waals surface area contributed by atoms with Crippen LogP contribution in [-0.4, -0.2) is 36.1 Å². The minimum atomic E-state index is -4.36. The fourth-order valence-electron chi connectivity index (χ4n) is 1.12. The van der Waals surface area contributed by atoms with Crippen LogP contribution < -0.4 is 5.73 Å². The van der Waals surface area contributed by atoms with Crippen molar-refractivity contribution < 1.29 is 18.0 Å². The second-order valence-corrected chi connectivity index (χ2v) is 3.52. The van der Waals surface area contributed by atoms with Crippen LogP contribution in [0.2, 0.25) is 0 Å². The Kier molecular flexibility index (Phi) is 8.64. The van der Waals surface area contributed by atoms with Gasteiger partial charge in [-0.3, -0.25) is 4.79 Å². The monoisotopic (exact) mass is 262 g/mol. The number of halogens is 4. The molecule has 0 saturated heterocycles. The maximum absolute atomic E-state index is 12.1. The zero-order chi connectivity index (χ0) is 12.1. The third kappa shape index (κ3) is 7.76. The molecule has 1 amide bonds. The average molecular weight is 263 g/mol. The first-order valence-electron chi connectivity index (χ1n) is 4.89. The number of alkyl halides is 3. The van der Waals surface area contributed by atoms with Crippen molar-refractivity contribution in [3.05, 3.63) is 0 Å². The standard InChI is InChI=1S/C9H17F3N2O.ClH/c1-3-4-5-14(6-9(10,11)12)8(15)7(2)13;/h7H,3-6,13H2,1-2H3;1H. The van der Waals surface area contributed by atoms with E-state index in [-0.39, 0.29) is 19.0 Å². The number of nitrogens with two attached hydrogens (primary N) is 1. The summed E-state index contributed by atoms with van der Waals surface area (Å²) in [6, 6.07) is -0.885. The van der Waals surface area contributed by atoms with Gasteiger partial charge in [0, 0.05) is 6.54 Å². The molecule has 3 nitrogen and oxygen atoms in total. The van der Waals surface area contributed by atoms with Crippen LogP contribution in [0.4, 0.5) is 13.2 Å². The van der Waals surface area contributed by atoms with E-state index in [1.54, 1.807) is 0 Å². The summed E-state index contributed by atoms with van der Waals surface area (Å²) in [6.45, 7) is 2.13. The van der Waals surface area contributed by atoms with Gasteiger partial charge < -0.3 is 10.6 Å². The number of amides is 1. The van der Waals surface area contributed by atoms with Gasteiger partial charge in [0.2, 0.25) is 5.91 Å². The van der Waals surface area contributed by atoms with E-state index in [0.717, 1.165) is 11.3 Å². The van der Waals surface area contributed by atoms with Crippen molar-refractivity contribution in [2.24, 2.45) is 5.73 Å². The minimum Gasteiger partial charge on any atom is -0.332 e. The molecular weight excluding hydrogens is 245 g/mol. The highest BCUT2D eigenvalue weighted by Gasteiger charge is 2.33. The highest BCUT2D eigenvalue weighted by Crippen LogP contribution is 2.17. The van der Waals surface area contributed by atoms with Gasteiger partial charge in [-0.15, -0.1) is 12.4 Å². The van der Waals surface area contributed by atoms with E-state index < -0.39 is 24.7 Å². The molecule has 0 fully saturated rings. The molecule has 98 valence electrons. The number of hydrogen-bond donors (Lipinski definition) is 1. The summed E-state index contributed by atoms with van der Waals surface area (Å²) in [5.74, 6) is -0.652. The molecule has 7 heteroatoms. The maximum atomic E-state index is 12.1. The molecule has 2 N–H and O–H groups in total. The minimum absolute atomic E-state index is 0. The van der Waals surface area contributed by atoms with Crippen LogP contribution in [0.25, 0.3) is 0 Å². The third-order valence-corrected chi connectivity index (χ3v) is 1.85. The Balaban J connectivity index is 0. The Hall–Kier alpha value is -0.490. The van der Waals surface area contributed by atoms with Gasteiger partial charge in [0.25, 0.3) is 0 Å². The van der Waals surface area contributed by atoms with E-state index >= 15 is 0 Å². The number of carbonyl (C=O) groups excluding carboxylic acids is 1. The van der Waals surface area contributed by atoms with Crippen molar-refractivity contribution >= 4 is 18.3 Å². The van der Waals surface area contributed by atoms with Crippen LogP contribution in [0.3, 0.4) is 0 Å². The molecule has 0 saturated carbocycles. The van der Waals surface area contributed by atoms with E-state index in [1.807, 2.05) is 6.92 Å². The molecule has 0 rings (SSSR count). The maximum Gasteiger partial charge on any atom is 0.406 e. The van der Waals surface area contributed by atoms with Crippen LogP contribution in [0, 0.1) is 0 Å². The van der Waals surface area contributed by atoms with Gasteiger partial charge in [-0.2, -0.15) is 13.2 Å². The zero-order valence-corrected chi connectivity index (χ0v) is 10.2. The molecule has 1 unspecified atom stereocenters. The predicted molar refractivity (Wildman–Crippen MR) is 58.4 cm³/mol. The lowest BCUT2D eigenvalue weighted by Gasteiger charge is -2.25. The Morgan fingerprint density at radius 3 is 2.25 bits per heavy atom. The largest absolute Gasteiger partial charge is 0.406 e. The van der Waals surface area contributed by atoms with Gasteiger partial charge in [0.1, 0.15) is 6.54 Å². The number of nitrogens with zero attached hydrogens (tertiary/aromatic N) is 1. The Morgan fingerprint density at radius 1 is 1.44 bits per heavy atom. The first kappa shape index (κ1) is 17.9. The van der Waals surface area contributed by atoms with Gasteiger partial charge in [-0.1, -0.05) is 13.3 Å². The second-order valence-electron chi connectivity index (χ2n) is 3.52. The van der Waals surface area contributed by atoms with E-state index in [1.165, 1.54) is 6.92 Å². The number of rotatable bonds is 5. The van der Waals surface area contributed by atoms with Crippen LogP contribution in [0.5, 0.6) is 0 Å². The summed E-state index contributed by atoms with van der Waals surface area (Å²) < 4.78 is 36.4. The second kappa shape index (κ2) is 7.73. The first-order valence-corrected chi connectivity index (χ1v) is 4.89. The molecule has 0 radical (unpaired) electrons. The topological polar surface area (TPSA) is 46.3 Å². The molecule has 0 heterocycles. The molecule has 0 aromatic carbocycles. The summed E-state index contributed by atoms with van der Waals surface area (Å²) in [6.07, 6.45) is -3.08. The number of hydrogen-bond acceptors (Lipinski definition) is 2. The van der Waals surface area contributed by atoms with Gasteiger partial charge in [0.05, 0.1) is 6.04 Å². The highest BCUT2D eigenvalue weighted by molar-refractivity contribution is 5.85. The van der Waals surface area contributed by atoms with E-state index in [2.05, 4.69) is 0 Å². The van der Waals surface area contributed by atoms with Crippen molar-refractivity contribution in [3.8, 4) is 0 Å². The normalized spacial score (nSPS) is 12.9. The molecule has 1 atom stereocenters. The smallest absolute Gasteiger partial charge is 0.332 e. The molecular formula is C9H18ClF3N2O. The Bertz CT molecular complexity index is 209. The van der Waals surface area contributed by atoms with Crippen LogP contribution in [-0.2, 0) is 4.79 Å². The van der Waals surface area contributed by atoms with Crippen LogP contribution in [0.1, 0.15) is 26.7 Å². The quantitative estimate of drug-likeness (QED) is 0.823. The van der Waals surface area contributed by atoms with Gasteiger partial charge in [-0.05, 0) is 13.3 Å². The van der Waals surface area contributed by atoms with Crippen molar-refractivity contribution in [2.45, 2.75) is 38.9 Å². The lowest BCUT2D eigenvalue weighted by molar-refractivity contribution is -0.161.